The second kappa shape index (κ2) is 7.10. The molecule has 0 aliphatic heterocycles. The van der Waals surface area contributed by atoms with Crippen molar-refractivity contribution in [3.05, 3.63) is 23.8 Å². The summed E-state index contributed by atoms with van der Waals surface area (Å²) in [5, 5.41) is 0. The van der Waals surface area contributed by atoms with Crippen LogP contribution in [-0.4, -0.2) is 19.9 Å². The second-order valence-corrected chi connectivity index (χ2v) is 3.83. The molecule has 0 aliphatic rings. The minimum absolute atomic E-state index is 0.166. The van der Waals surface area contributed by atoms with Gasteiger partial charge in [-0.1, -0.05) is 23.8 Å². The van der Waals surface area contributed by atoms with Crippen molar-refractivity contribution in [2.24, 2.45) is 5.92 Å². The smallest absolute Gasteiger partial charge is 0.438 e. The summed E-state index contributed by atoms with van der Waals surface area (Å²) in [6.45, 7) is 10.2. The van der Waals surface area contributed by atoms with Crippen LogP contribution in [0.5, 0.6) is 0 Å². The first-order valence-electron chi connectivity index (χ1n) is 4.96. The predicted molar refractivity (Wildman–Crippen MR) is 60.7 cm³/mol. The monoisotopic (exact) mass is 212 g/mol. The van der Waals surface area contributed by atoms with Crippen LogP contribution < -0.4 is 0 Å². The lowest BCUT2D eigenvalue weighted by Crippen LogP contribution is -2.14. The van der Waals surface area contributed by atoms with Gasteiger partial charge in [-0.05, 0) is 27.2 Å². The van der Waals surface area contributed by atoms with Gasteiger partial charge in [-0.15, -0.1) is 0 Å². The summed E-state index contributed by atoms with van der Waals surface area (Å²) >= 11 is 0. The number of carbonyl (C=O) groups excluding carboxylic acids is 1. The number of carbonyl (C=O) groups is 1. The standard InChI is InChI=1S/C12H20O3/c1-9(2)6-7-11(10(3)4)8-15-12(13)14-5/h6,11H,3,7-8H2,1-2,4-5H3. The lowest BCUT2D eigenvalue weighted by molar-refractivity contribution is 0.0641. The quantitative estimate of drug-likeness (QED) is 0.518. The molecule has 0 amide bonds. The number of hydrogen-bond acceptors (Lipinski definition) is 3. The molecule has 0 N–H and O–H groups in total. The maximum atomic E-state index is 10.8. The minimum atomic E-state index is -0.640. The van der Waals surface area contributed by atoms with E-state index >= 15 is 0 Å². The van der Waals surface area contributed by atoms with E-state index in [9.17, 15) is 4.79 Å². The van der Waals surface area contributed by atoms with Crippen LogP contribution in [-0.2, 0) is 9.47 Å². The molecule has 0 aromatic carbocycles. The molecule has 1 atom stereocenters. The van der Waals surface area contributed by atoms with Gasteiger partial charge in [0.05, 0.1) is 7.11 Å². The average Bonchev–Trinajstić information content (AvgIpc) is 2.16. The molecule has 1 unspecified atom stereocenters. The molecule has 3 heteroatoms. The van der Waals surface area contributed by atoms with Crippen molar-refractivity contribution in [1.29, 1.82) is 0 Å². The summed E-state index contributed by atoms with van der Waals surface area (Å²) in [6, 6.07) is 0. The van der Waals surface area contributed by atoms with Gasteiger partial charge in [0.2, 0.25) is 0 Å². The first-order chi connectivity index (χ1) is 6.97. The van der Waals surface area contributed by atoms with Gasteiger partial charge in [0.1, 0.15) is 6.61 Å². The first-order valence-corrected chi connectivity index (χ1v) is 4.96. The zero-order valence-electron chi connectivity index (χ0n) is 10.0. The lowest BCUT2D eigenvalue weighted by atomic mass is 9.98. The van der Waals surface area contributed by atoms with Gasteiger partial charge in [-0.25, -0.2) is 4.79 Å². The third kappa shape index (κ3) is 6.77. The van der Waals surface area contributed by atoms with Crippen molar-refractivity contribution < 1.29 is 14.3 Å². The number of rotatable bonds is 5. The molecule has 0 radical (unpaired) electrons. The highest BCUT2D eigenvalue weighted by molar-refractivity contribution is 5.59. The average molecular weight is 212 g/mol. The Hall–Kier alpha value is -1.25. The summed E-state index contributed by atoms with van der Waals surface area (Å²) in [6.07, 6.45) is 2.31. The van der Waals surface area contributed by atoms with E-state index in [4.69, 9.17) is 4.74 Å². The molecule has 0 aliphatic carbocycles. The molecule has 0 saturated carbocycles. The van der Waals surface area contributed by atoms with E-state index in [0.717, 1.165) is 12.0 Å². The minimum Gasteiger partial charge on any atom is -0.438 e. The zero-order chi connectivity index (χ0) is 11.8. The van der Waals surface area contributed by atoms with Gasteiger partial charge in [0.25, 0.3) is 0 Å². The summed E-state index contributed by atoms with van der Waals surface area (Å²) in [5.74, 6) is 0.166. The van der Waals surface area contributed by atoms with Gasteiger partial charge >= 0.3 is 6.16 Å². The molecule has 0 heterocycles. The predicted octanol–water partition coefficient (Wildman–Crippen LogP) is 3.32. The Labute approximate surface area is 91.8 Å². The SMILES string of the molecule is C=C(C)C(CC=C(C)C)COC(=O)OC. The molecule has 0 spiro atoms. The molecule has 0 aromatic rings. The van der Waals surface area contributed by atoms with E-state index in [1.54, 1.807) is 0 Å². The highest BCUT2D eigenvalue weighted by Crippen LogP contribution is 2.15. The van der Waals surface area contributed by atoms with Crippen molar-refractivity contribution in [3.8, 4) is 0 Å². The molecule has 0 bridgehead atoms. The summed E-state index contributed by atoms with van der Waals surface area (Å²) in [7, 11) is 1.30. The fraction of sp³-hybridized carbons (Fsp3) is 0.583. The van der Waals surface area contributed by atoms with Crippen LogP contribution in [0.4, 0.5) is 4.79 Å². The van der Waals surface area contributed by atoms with Gasteiger partial charge in [-0.2, -0.15) is 0 Å². The Balaban J connectivity index is 4.11. The summed E-state index contributed by atoms with van der Waals surface area (Å²) in [5.41, 5.74) is 2.26. The Kier molecular flexibility index (Phi) is 6.50. The van der Waals surface area contributed by atoms with Gasteiger partial charge < -0.3 is 9.47 Å². The third-order valence-corrected chi connectivity index (χ3v) is 2.08. The van der Waals surface area contributed by atoms with Crippen LogP contribution in [0.15, 0.2) is 23.8 Å². The van der Waals surface area contributed by atoms with Crippen LogP contribution in [0.25, 0.3) is 0 Å². The van der Waals surface area contributed by atoms with Crippen LogP contribution in [0.3, 0.4) is 0 Å². The van der Waals surface area contributed by atoms with E-state index in [1.807, 2.05) is 20.8 Å². The maximum absolute atomic E-state index is 10.8. The molecule has 0 aromatic heterocycles. The first kappa shape index (κ1) is 13.8. The fourth-order valence-corrected chi connectivity index (χ4v) is 1.02. The van der Waals surface area contributed by atoms with Gasteiger partial charge in [0, 0.05) is 5.92 Å². The van der Waals surface area contributed by atoms with Crippen LogP contribution in [0, 0.1) is 5.92 Å². The topological polar surface area (TPSA) is 35.5 Å². The fourth-order valence-electron chi connectivity index (χ4n) is 1.02. The number of hydrogen-bond donors (Lipinski definition) is 0. The van der Waals surface area contributed by atoms with Crippen molar-refractivity contribution in [2.45, 2.75) is 27.2 Å². The van der Waals surface area contributed by atoms with E-state index in [-0.39, 0.29) is 5.92 Å². The normalized spacial score (nSPS) is 11.5. The Morgan fingerprint density at radius 3 is 2.40 bits per heavy atom. The van der Waals surface area contributed by atoms with Crippen LogP contribution >= 0.6 is 0 Å². The van der Waals surface area contributed by atoms with Crippen LogP contribution in [0.1, 0.15) is 27.2 Å². The van der Waals surface area contributed by atoms with Crippen molar-refractivity contribution >= 4 is 6.16 Å². The van der Waals surface area contributed by atoms with E-state index in [2.05, 4.69) is 17.4 Å². The summed E-state index contributed by atoms with van der Waals surface area (Å²) < 4.78 is 9.30. The summed E-state index contributed by atoms with van der Waals surface area (Å²) in [4.78, 5) is 10.8. The zero-order valence-corrected chi connectivity index (χ0v) is 10.0. The Morgan fingerprint density at radius 1 is 1.40 bits per heavy atom. The number of ether oxygens (including phenoxy) is 2. The number of allylic oxidation sites excluding steroid dienone is 2. The van der Waals surface area contributed by atoms with Crippen molar-refractivity contribution in [1.82, 2.24) is 0 Å². The molecule has 0 rings (SSSR count). The molecule has 15 heavy (non-hydrogen) atoms. The van der Waals surface area contributed by atoms with E-state index < -0.39 is 6.16 Å². The lowest BCUT2D eigenvalue weighted by Gasteiger charge is -2.14. The Morgan fingerprint density at radius 2 is 2.00 bits per heavy atom. The van der Waals surface area contributed by atoms with E-state index in [0.29, 0.717) is 6.61 Å². The molecule has 3 nitrogen and oxygen atoms in total. The second-order valence-electron chi connectivity index (χ2n) is 3.83. The number of methoxy groups -OCH3 is 1. The highest BCUT2D eigenvalue weighted by atomic mass is 16.7. The molecule has 0 fully saturated rings. The Bertz CT molecular complexity index is 250. The van der Waals surface area contributed by atoms with Crippen molar-refractivity contribution in [2.75, 3.05) is 13.7 Å². The maximum Gasteiger partial charge on any atom is 0.507 e. The highest BCUT2D eigenvalue weighted by Gasteiger charge is 2.11. The van der Waals surface area contributed by atoms with E-state index in [1.165, 1.54) is 12.7 Å². The van der Waals surface area contributed by atoms with Gasteiger partial charge in [-0.3, -0.25) is 0 Å². The molecule has 86 valence electrons. The molecular formula is C12H20O3. The molecule has 0 saturated heterocycles. The van der Waals surface area contributed by atoms with Crippen molar-refractivity contribution in [3.63, 3.8) is 0 Å². The van der Waals surface area contributed by atoms with Crippen LogP contribution in [0.2, 0.25) is 0 Å². The third-order valence-electron chi connectivity index (χ3n) is 2.08. The van der Waals surface area contributed by atoms with Gasteiger partial charge in [0.15, 0.2) is 0 Å². The largest absolute Gasteiger partial charge is 0.507 e. The molecular weight excluding hydrogens is 192 g/mol.